The van der Waals surface area contributed by atoms with Gasteiger partial charge in [0.1, 0.15) is 17.3 Å². The van der Waals surface area contributed by atoms with Gasteiger partial charge < -0.3 is 24.6 Å². The molecule has 1 fully saturated rings. The number of aliphatic hydroxyl groups is 1. The van der Waals surface area contributed by atoms with Crippen molar-refractivity contribution in [3.63, 3.8) is 0 Å². The molecule has 0 spiro atoms. The zero-order valence-corrected chi connectivity index (χ0v) is 25.2. The molecule has 0 radical (unpaired) electrons. The molecule has 3 aromatic carbocycles. The van der Waals surface area contributed by atoms with Crippen molar-refractivity contribution >= 4 is 18.0 Å². The number of nitrogens with zero attached hydrogens (tertiary/aromatic N) is 1. The van der Waals surface area contributed by atoms with Crippen LogP contribution in [0.3, 0.4) is 0 Å². The van der Waals surface area contributed by atoms with E-state index < -0.39 is 53.5 Å². The molecule has 4 atom stereocenters. The first-order valence-electron chi connectivity index (χ1n) is 14.3. The van der Waals surface area contributed by atoms with Crippen LogP contribution in [-0.2, 0) is 29.4 Å². The third-order valence-electron chi connectivity index (χ3n) is 7.25. The van der Waals surface area contributed by atoms with Crippen LogP contribution in [0.15, 0.2) is 91.0 Å². The summed E-state index contributed by atoms with van der Waals surface area (Å²) in [5.74, 6) is -1.03. The molecule has 1 aliphatic heterocycles. The molecule has 2 amide bonds. The van der Waals surface area contributed by atoms with Crippen LogP contribution in [0.2, 0.25) is 0 Å². The smallest absolute Gasteiger partial charge is 0.410 e. The number of nitrogens with one attached hydrogen (secondary N) is 1. The van der Waals surface area contributed by atoms with Gasteiger partial charge in [0.05, 0.1) is 18.7 Å². The largest absolute Gasteiger partial charge is 0.457 e. The lowest BCUT2D eigenvalue weighted by Crippen LogP contribution is -2.69. The fourth-order valence-corrected chi connectivity index (χ4v) is 5.52. The maximum atomic E-state index is 13.6. The van der Waals surface area contributed by atoms with Crippen LogP contribution in [0.1, 0.15) is 51.3 Å². The van der Waals surface area contributed by atoms with Gasteiger partial charge in [-0.05, 0) is 37.5 Å². The Morgan fingerprint density at radius 3 is 1.70 bits per heavy atom. The molecule has 3 aromatic rings. The highest BCUT2D eigenvalue weighted by Gasteiger charge is 2.49. The topological polar surface area (TPSA) is 114 Å². The van der Waals surface area contributed by atoms with Crippen molar-refractivity contribution in [1.82, 2.24) is 10.2 Å². The summed E-state index contributed by atoms with van der Waals surface area (Å²) in [6.07, 6.45) is -3.24. The van der Waals surface area contributed by atoms with Gasteiger partial charge in [-0.25, -0.2) is 4.79 Å². The number of carbonyl (C=O) groups excluding carboxylic acids is 3. The van der Waals surface area contributed by atoms with Gasteiger partial charge in [-0.2, -0.15) is 0 Å². The molecule has 9 nitrogen and oxygen atoms in total. The number of carbonyl (C=O) groups is 3. The number of amides is 2. The van der Waals surface area contributed by atoms with Crippen LogP contribution in [0, 0.1) is 0 Å². The van der Waals surface area contributed by atoms with Crippen molar-refractivity contribution in [2.45, 2.75) is 70.1 Å². The van der Waals surface area contributed by atoms with Crippen molar-refractivity contribution < 1.29 is 33.7 Å². The van der Waals surface area contributed by atoms with Gasteiger partial charge in [0.2, 0.25) is 5.91 Å². The molecule has 1 heterocycles. The second kappa shape index (κ2) is 13.4. The van der Waals surface area contributed by atoms with Gasteiger partial charge in [0, 0.05) is 20.4 Å². The van der Waals surface area contributed by atoms with Gasteiger partial charge in [0.25, 0.3) is 0 Å². The Labute approximate surface area is 252 Å². The Morgan fingerprint density at radius 1 is 0.837 bits per heavy atom. The third-order valence-corrected chi connectivity index (χ3v) is 7.25. The molecule has 2 N–H and O–H groups in total. The number of benzene rings is 3. The van der Waals surface area contributed by atoms with Crippen molar-refractivity contribution in [2.75, 3.05) is 13.2 Å². The average Bonchev–Trinajstić information content (AvgIpc) is 2.96. The van der Waals surface area contributed by atoms with E-state index in [9.17, 15) is 19.5 Å². The van der Waals surface area contributed by atoms with E-state index >= 15 is 0 Å². The van der Waals surface area contributed by atoms with E-state index in [1.807, 2.05) is 91.0 Å². The minimum atomic E-state index is -1.41. The lowest BCUT2D eigenvalue weighted by molar-refractivity contribution is -0.171. The Balaban J connectivity index is 1.82. The van der Waals surface area contributed by atoms with Crippen LogP contribution in [0.25, 0.3) is 0 Å². The van der Waals surface area contributed by atoms with Crippen molar-refractivity contribution in [3.8, 4) is 0 Å². The van der Waals surface area contributed by atoms with Crippen molar-refractivity contribution in [2.24, 2.45) is 0 Å². The molecule has 9 heteroatoms. The minimum Gasteiger partial charge on any atom is -0.457 e. The molecule has 1 saturated heterocycles. The highest BCUT2D eigenvalue weighted by atomic mass is 16.6. The predicted octanol–water partition coefficient (Wildman–Crippen LogP) is 4.41. The monoisotopic (exact) mass is 588 g/mol. The van der Waals surface area contributed by atoms with Gasteiger partial charge in [-0.3, -0.25) is 14.5 Å². The zero-order chi connectivity index (χ0) is 31.2. The lowest BCUT2D eigenvalue weighted by atomic mass is 9.80. The highest BCUT2D eigenvalue weighted by Crippen LogP contribution is 2.41. The van der Waals surface area contributed by atoms with Crippen LogP contribution in [0.4, 0.5) is 4.79 Å². The highest BCUT2D eigenvalue weighted by molar-refractivity contribution is 5.74. The molecule has 228 valence electrons. The molecular formula is C34H40N2O7. The van der Waals surface area contributed by atoms with Gasteiger partial charge in [0.15, 0.2) is 6.10 Å². The molecule has 1 aliphatic rings. The summed E-state index contributed by atoms with van der Waals surface area (Å²) in [6, 6.07) is 27.3. The van der Waals surface area contributed by atoms with Gasteiger partial charge in [-0.15, -0.1) is 0 Å². The summed E-state index contributed by atoms with van der Waals surface area (Å²) in [7, 11) is 0. The number of piperidine rings is 1. The average molecular weight is 589 g/mol. The SMILES string of the molecule is CC(=O)N[C@H]1CN(C(=O)OC(C)(C)C)[C@H](COC(c2ccccc2)(c2ccccc2)c2ccccc2)[C@@H](O)[C@@H]1OC(C)=O. The molecule has 0 aromatic heterocycles. The Bertz CT molecular complexity index is 1280. The number of likely N-dealkylation sites (tertiary alicyclic amines) is 1. The maximum absolute atomic E-state index is 13.6. The second-order valence-electron chi connectivity index (χ2n) is 11.7. The first-order valence-corrected chi connectivity index (χ1v) is 14.3. The van der Waals surface area contributed by atoms with E-state index in [0.29, 0.717) is 0 Å². The fraction of sp³-hybridized carbons (Fsp3) is 0.382. The zero-order valence-electron chi connectivity index (χ0n) is 25.2. The Hall–Kier alpha value is -4.21. The molecule has 0 aliphatic carbocycles. The number of hydrogen-bond donors (Lipinski definition) is 2. The molecule has 43 heavy (non-hydrogen) atoms. The maximum Gasteiger partial charge on any atom is 0.410 e. The van der Waals surface area contributed by atoms with E-state index in [1.54, 1.807) is 20.8 Å². The van der Waals surface area contributed by atoms with Crippen LogP contribution < -0.4 is 5.32 Å². The summed E-state index contributed by atoms with van der Waals surface area (Å²) < 4.78 is 18.2. The molecule has 0 saturated carbocycles. The van der Waals surface area contributed by atoms with Crippen LogP contribution >= 0.6 is 0 Å². The van der Waals surface area contributed by atoms with E-state index in [4.69, 9.17) is 14.2 Å². The number of esters is 1. The third kappa shape index (κ3) is 7.42. The minimum absolute atomic E-state index is 0.0768. The number of rotatable bonds is 8. The Kier molecular flexibility index (Phi) is 9.88. The Morgan fingerprint density at radius 2 is 1.30 bits per heavy atom. The van der Waals surface area contributed by atoms with Crippen molar-refractivity contribution in [1.29, 1.82) is 0 Å². The normalized spacial score (nSPS) is 20.7. The number of aliphatic hydroxyl groups excluding tert-OH is 1. The molecular weight excluding hydrogens is 548 g/mol. The van der Waals surface area contributed by atoms with E-state index in [0.717, 1.165) is 16.7 Å². The summed E-state index contributed by atoms with van der Waals surface area (Å²) in [6.45, 7) is 7.54. The van der Waals surface area contributed by atoms with Crippen LogP contribution in [-0.4, -0.2) is 71.0 Å². The predicted molar refractivity (Wildman–Crippen MR) is 161 cm³/mol. The lowest BCUT2D eigenvalue weighted by Gasteiger charge is -2.47. The summed E-state index contributed by atoms with van der Waals surface area (Å²) in [5.41, 5.74) is 0.567. The van der Waals surface area contributed by atoms with E-state index in [-0.39, 0.29) is 13.2 Å². The number of ether oxygens (including phenoxy) is 3. The second-order valence-corrected chi connectivity index (χ2v) is 11.7. The van der Waals surface area contributed by atoms with E-state index in [1.165, 1.54) is 18.7 Å². The van der Waals surface area contributed by atoms with Crippen LogP contribution in [0.5, 0.6) is 0 Å². The molecule has 0 unspecified atom stereocenters. The summed E-state index contributed by atoms with van der Waals surface area (Å²) in [5, 5.41) is 14.4. The first kappa shape index (κ1) is 31.7. The fourth-order valence-electron chi connectivity index (χ4n) is 5.52. The van der Waals surface area contributed by atoms with Crippen molar-refractivity contribution in [3.05, 3.63) is 108 Å². The standard InChI is InChI=1S/C34H40N2O7/c1-23(37)35-28-21-36(32(40)43-33(3,4)5)29(30(39)31(28)42-24(2)38)22-41-34(25-15-9-6-10-16-25,26-17-11-7-12-18-26)27-19-13-8-14-20-27/h6-20,28-31,39H,21-22H2,1-5H3,(H,35,37)/t28-,29+,30+,31+/m0/s1. The summed E-state index contributed by atoms with van der Waals surface area (Å²) in [4.78, 5) is 39.1. The first-order chi connectivity index (χ1) is 20.4. The molecule has 0 bridgehead atoms. The van der Waals surface area contributed by atoms with Gasteiger partial charge >= 0.3 is 12.1 Å². The quantitative estimate of drug-likeness (QED) is 0.296. The number of hydrogen-bond acceptors (Lipinski definition) is 7. The summed E-state index contributed by atoms with van der Waals surface area (Å²) >= 11 is 0. The van der Waals surface area contributed by atoms with Gasteiger partial charge in [-0.1, -0.05) is 91.0 Å². The molecule has 4 rings (SSSR count). The van der Waals surface area contributed by atoms with E-state index in [2.05, 4.69) is 5.32 Å².